The molecule has 1 aromatic heterocycles. The number of hydrogen-bond acceptors (Lipinski definition) is 4. The zero-order valence-corrected chi connectivity index (χ0v) is 8.88. The lowest BCUT2D eigenvalue weighted by atomic mass is 10.0. The van der Waals surface area contributed by atoms with E-state index < -0.39 is 12.0 Å². The molecule has 1 unspecified atom stereocenters. The fourth-order valence-corrected chi connectivity index (χ4v) is 1.67. The maximum absolute atomic E-state index is 11.4. The molecule has 1 aromatic carbocycles. The second-order valence-corrected chi connectivity index (χ2v) is 3.44. The first kappa shape index (κ1) is 10.6. The summed E-state index contributed by atoms with van der Waals surface area (Å²) in [6.45, 7) is 0. The summed E-state index contributed by atoms with van der Waals surface area (Å²) in [5.41, 5.74) is 6.58. The summed E-state index contributed by atoms with van der Waals surface area (Å²) in [4.78, 5) is 15.4. The van der Waals surface area contributed by atoms with Crippen LogP contribution in [0.5, 0.6) is 0 Å². The maximum Gasteiger partial charge on any atom is 0.327 e. The van der Waals surface area contributed by atoms with Gasteiger partial charge >= 0.3 is 5.97 Å². The van der Waals surface area contributed by atoms with Gasteiger partial charge in [0.2, 0.25) is 0 Å². The number of ether oxygens (including phenoxy) is 1. The van der Waals surface area contributed by atoms with E-state index in [4.69, 9.17) is 5.73 Å². The van der Waals surface area contributed by atoms with Crippen molar-refractivity contribution in [2.45, 2.75) is 6.04 Å². The minimum absolute atomic E-state index is 0.440. The van der Waals surface area contributed by atoms with Crippen LogP contribution in [-0.4, -0.2) is 18.1 Å². The Morgan fingerprint density at radius 1 is 1.44 bits per heavy atom. The number of nitrogens with two attached hydrogens (primary N) is 1. The number of pyridine rings is 1. The Morgan fingerprint density at radius 3 is 3.00 bits per heavy atom. The van der Waals surface area contributed by atoms with Crippen LogP contribution in [-0.2, 0) is 9.53 Å². The van der Waals surface area contributed by atoms with Crippen molar-refractivity contribution in [1.29, 1.82) is 0 Å². The van der Waals surface area contributed by atoms with Crippen LogP contribution in [0.1, 0.15) is 11.6 Å². The van der Waals surface area contributed by atoms with Gasteiger partial charge in [-0.15, -0.1) is 0 Å². The number of nitrogens with zero attached hydrogens (tertiary/aromatic N) is 1. The number of rotatable bonds is 2. The van der Waals surface area contributed by atoms with E-state index in [0.717, 1.165) is 16.3 Å². The molecule has 0 saturated heterocycles. The predicted octanol–water partition coefficient (Wildman–Crippen LogP) is 1.41. The van der Waals surface area contributed by atoms with Gasteiger partial charge in [0, 0.05) is 17.8 Å². The van der Waals surface area contributed by atoms with Crippen molar-refractivity contribution < 1.29 is 9.53 Å². The molecule has 0 aliphatic heterocycles. The Kier molecular flexibility index (Phi) is 2.83. The van der Waals surface area contributed by atoms with Gasteiger partial charge in [-0.3, -0.25) is 9.78 Å². The van der Waals surface area contributed by atoms with Crippen LogP contribution >= 0.6 is 0 Å². The molecule has 0 bridgehead atoms. The van der Waals surface area contributed by atoms with E-state index >= 15 is 0 Å². The summed E-state index contributed by atoms with van der Waals surface area (Å²) < 4.78 is 4.64. The molecule has 2 rings (SSSR count). The Hall–Kier alpha value is -1.94. The molecule has 16 heavy (non-hydrogen) atoms. The summed E-state index contributed by atoms with van der Waals surface area (Å²) in [7, 11) is 1.33. The van der Waals surface area contributed by atoms with E-state index in [-0.39, 0.29) is 0 Å². The van der Waals surface area contributed by atoms with Gasteiger partial charge in [0.15, 0.2) is 0 Å². The predicted molar refractivity (Wildman–Crippen MR) is 60.7 cm³/mol. The molecular weight excluding hydrogens is 204 g/mol. The van der Waals surface area contributed by atoms with Crippen molar-refractivity contribution in [3.8, 4) is 0 Å². The Morgan fingerprint density at radius 2 is 2.25 bits per heavy atom. The largest absolute Gasteiger partial charge is 0.468 e. The van der Waals surface area contributed by atoms with Crippen molar-refractivity contribution in [2.75, 3.05) is 7.11 Å². The molecule has 0 radical (unpaired) electrons. The molecular formula is C12H12N2O2. The van der Waals surface area contributed by atoms with Gasteiger partial charge in [0.25, 0.3) is 0 Å². The molecule has 2 N–H and O–H groups in total. The molecule has 0 amide bonds. The monoisotopic (exact) mass is 216 g/mol. The van der Waals surface area contributed by atoms with Crippen LogP contribution in [0, 0.1) is 0 Å². The molecule has 0 aliphatic rings. The minimum atomic E-state index is -0.754. The number of hydrogen-bond donors (Lipinski definition) is 1. The van der Waals surface area contributed by atoms with E-state index in [1.54, 1.807) is 12.4 Å². The van der Waals surface area contributed by atoms with Crippen molar-refractivity contribution in [3.05, 3.63) is 42.2 Å². The molecule has 0 aliphatic carbocycles. The normalized spacial score (nSPS) is 12.4. The lowest BCUT2D eigenvalue weighted by Crippen LogP contribution is -2.22. The topological polar surface area (TPSA) is 65.2 Å². The van der Waals surface area contributed by atoms with Crippen LogP contribution in [0.4, 0.5) is 0 Å². The average Bonchev–Trinajstić information content (AvgIpc) is 2.36. The molecule has 1 atom stereocenters. The smallest absolute Gasteiger partial charge is 0.327 e. The zero-order valence-electron chi connectivity index (χ0n) is 8.88. The van der Waals surface area contributed by atoms with E-state index in [9.17, 15) is 4.79 Å². The van der Waals surface area contributed by atoms with Crippen LogP contribution in [0.15, 0.2) is 36.7 Å². The number of esters is 1. The van der Waals surface area contributed by atoms with Crippen molar-refractivity contribution >= 4 is 16.7 Å². The fourth-order valence-electron chi connectivity index (χ4n) is 1.67. The van der Waals surface area contributed by atoms with Crippen LogP contribution in [0.3, 0.4) is 0 Å². The molecule has 0 saturated carbocycles. The quantitative estimate of drug-likeness (QED) is 0.771. The number of aromatic nitrogens is 1. The maximum atomic E-state index is 11.4. The number of benzene rings is 1. The van der Waals surface area contributed by atoms with Gasteiger partial charge in [-0.05, 0) is 17.0 Å². The van der Waals surface area contributed by atoms with E-state index in [0.29, 0.717) is 0 Å². The highest BCUT2D eigenvalue weighted by Gasteiger charge is 2.18. The SMILES string of the molecule is COC(=O)C(N)c1cccc2cnccc12. The van der Waals surface area contributed by atoms with Crippen LogP contribution < -0.4 is 5.73 Å². The molecule has 2 aromatic rings. The van der Waals surface area contributed by atoms with Crippen LogP contribution in [0.25, 0.3) is 10.8 Å². The Labute approximate surface area is 93.0 Å². The standard InChI is InChI=1S/C12H12N2O2/c1-16-12(15)11(13)10-4-2-3-8-7-14-6-5-9(8)10/h2-7,11H,13H2,1H3. The van der Waals surface area contributed by atoms with E-state index in [1.165, 1.54) is 7.11 Å². The highest BCUT2D eigenvalue weighted by Crippen LogP contribution is 2.22. The molecule has 4 nitrogen and oxygen atoms in total. The first-order valence-corrected chi connectivity index (χ1v) is 4.90. The minimum Gasteiger partial charge on any atom is -0.468 e. The summed E-state index contributed by atoms with van der Waals surface area (Å²) in [5.74, 6) is -0.440. The van der Waals surface area contributed by atoms with E-state index in [2.05, 4.69) is 9.72 Å². The fraction of sp³-hybridized carbons (Fsp3) is 0.167. The summed E-state index contributed by atoms with van der Waals surface area (Å²) in [6.07, 6.45) is 3.42. The van der Waals surface area contributed by atoms with Gasteiger partial charge in [-0.1, -0.05) is 18.2 Å². The second-order valence-electron chi connectivity index (χ2n) is 3.44. The lowest BCUT2D eigenvalue weighted by molar-refractivity contribution is -0.142. The first-order valence-electron chi connectivity index (χ1n) is 4.90. The second kappa shape index (κ2) is 4.28. The van der Waals surface area contributed by atoms with Gasteiger partial charge in [0.1, 0.15) is 6.04 Å². The van der Waals surface area contributed by atoms with Crippen molar-refractivity contribution in [1.82, 2.24) is 4.98 Å². The molecule has 0 fully saturated rings. The number of fused-ring (bicyclic) bond motifs is 1. The number of methoxy groups -OCH3 is 1. The van der Waals surface area contributed by atoms with Crippen LogP contribution in [0.2, 0.25) is 0 Å². The third kappa shape index (κ3) is 1.75. The van der Waals surface area contributed by atoms with Gasteiger partial charge in [-0.25, -0.2) is 0 Å². The summed E-state index contributed by atoms with van der Waals surface area (Å²) in [6, 6.07) is 6.69. The lowest BCUT2D eigenvalue weighted by Gasteiger charge is -2.12. The van der Waals surface area contributed by atoms with Crippen molar-refractivity contribution in [3.63, 3.8) is 0 Å². The molecule has 4 heteroatoms. The third-order valence-corrected chi connectivity index (χ3v) is 2.50. The third-order valence-electron chi connectivity index (χ3n) is 2.50. The van der Waals surface area contributed by atoms with Gasteiger partial charge < -0.3 is 10.5 Å². The van der Waals surface area contributed by atoms with Gasteiger partial charge in [0.05, 0.1) is 7.11 Å². The van der Waals surface area contributed by atoms with E-state index in [1.807, 2.05) is 24.3 Å². The summed E-state index contributed by atoms with van der Waals surface area (Å²) >= 11 is 0. The molecule has 0 spiro atoms. The average molecular weight is 216 g/mol. The summed E-state index contributed by atoms with van der Waals surface area (Å²) in [5, 5.41) is 1.88. The highest BCUT2D eigenvalue weighted by atomic mass is 16.5. The molecule has 1 heterocycles. The number of carbonyl (C=O) groups excluding carboxylic acids is 1. The number of carbonyl (C=O) groups is 1. The Balaban J connectivity index is 2.56. The zero-order chi connectivity index (χ0) is 11.5. The Bertz CT molecular complexity index is 520. The van der Waals surface area contributed by atoms with Gasteiger partial charge in [-0.2, -0.15) is 0 Å². The molecule has 82 valence electrons. The van der Waals surface area contributed by atoms with Crippen molar-refractivity contribution in [2.24, 2.45) is 5.73 Å². The first-order chi connectivity index (χ1) is 7.74. The highest BCUT2D eigenvalue weighted by molar-refractivity contribution is 5.90.